The van der Waals surface area contributed by atoms with Gasteiger partial charge in [-0.05, 0) is 18.1 Å². The molecule has 6 nitrogen and oxygen atoms in total. The van der Waals surface area contributed by atoms with Gasteiger partial charge in [0.15, 0.2) is 0 Å². The largest absolute Gasteiger partial charge is 0.349 e. The van der Waals surface area contributed by atoms with Crippen molar-refractivity contribution >= 4 is 11.8 Å². The molecule has 1 saturated heterocycles. The first-order chi connectivity index (χ1) is 11.5. The average Bonchev–Trinajstić information content (AvgIpc) is 2.95. The number of nitrogens with zero attached hydrogens (tertiary/aromatic N) is 3. The summed E-state index contributed by atoms with van der Waals surface area (Å²) in [4.78, 5) is 33.5. The van der Waals surface area contributed by atoms with Gasteiger partial charge in [-0.3, -0.25) is 9.59 Å². The molecule has 6 heteroatoms. The van der Waals surface area contributed by atoms with Crippen LogP contribution in [-0.2, 0) is 9.59 Å². The van der Waals surface area contributed by atoms with Crippen molar-refractivity contribution < 1.29 is 9.59 Å². The molecular formula is C18H20N4O2. The van der Waals surface area contributed by atoms with E-state index < -0.39 is 0 Å². The highest BCUT2D eigenvalue weighted by Gasteiger charge is 2.32. The molecule has 2 atom stereocenters. The summed E-state index contributed by atoms with van der Waals surface area (Å²) in [5, 5.41) is 3.00. The SMILES string of the molecule is C[C@@H](NC(=O)[C@H]1CC(=O)N(C)C1)c1ccc(-c2cncnc2)cc1. The lowest BCUT2D eigenvalue weighted by molar-refractivity contribution is -0.128. The molecule has 0 saturated carbocycles. The van der Waals surface area contributed by atoms with E-state index in [4.69, 9.17) is 0 Å². The number of nitrogens with one attached hydrogen (secondary N) is 1. The van der Waals surface area contributed by atoms with Crippen LogP contribution in [0.5, 0.6) is 0 Å². The summed E-state index contributed by atoms with van der Waals surface area (Å²) in [7, 11) is 1.73. The first-order valence-electron chi connectivity index (χ1n) is 7.94. The van der Waals surface area contributed by atoms with Crippen LogP contribution in [0, 0.1) is 5.92 Å². The van der Waals surface area contributed by atoms with E-state index in [0.717, 1.165) is 16.7 Å². The number of carbonyl (C=O) groups excluding carboxylic acids is 2. The standard InChI is InChI=1S/C18H20N4O2/c1-12(21-18(24)15-7-17(23)22(2)10-15)13-3-5-14(6-4-13)16-8-19-11-20-9-16/h3-6,8-9,11-12,15H,7,10H2,1-2H3,(H,21,24)/t12-,15+/m1/s1. The second-order valence-corrected chi connectivity index (χ2v) is 6.15. The molecule has 24 heavy (non-hydrogen) atoms. The Labute approximate surface area is 140 Å². The van der Waals surface area contributed by atoms with E-state index >= 15 is 0 Å². The van der Waals surface area contributed by atoms with Crippen LogP contribution in [0.1, 0.15) is 24.9 Å². The summed E-state index contributed by atoms with van der Waals surface area (Å²) in [6, 6.07) is 7.84. The lowest BCUT2D eigenvalue weighted by Crippen LogP contribution is -2.34. The smallest absolute Gasteiger partial charge is 0.225 e. The fraction of sp³-hybridized carbons (Fsp3) is 0.333. The molecule has 1 fully saturated rings. The van der Waals surface area contributed by atoms with Crippen molar-refractivity contribution in [2.75, 3.05) is 13.6 Å². The van der Waals surface area contributed by atoms with Crippen molar-refractivity contribution in [3.05, 3.63) is 48.5 Å². The number of hydrogen-bond donors (Lipinski definition) is 1. The zero-order valence-corrected chi connectivity index (χ0v) is 13.8. The van der Waals surface area contributed by atoms with Crippen molar-refractivity contribution in [1.29, 1.82) is 0 Å². The maximum absolute atomic E-state index is 12.3. The van der Waals surface area contributed by atoms with Gasteiger partial charge in [0.1, 0.15) is 6.33 Å². The number of hydrogen-bond acceptors (Lipinski definition) is 4. The van der Waals surface area contributed by atoms with Gasteiger partial charge in [0.05, 0.1) is 12.0 Å². The summed E-state index contributed by atoms with van der Waals surface area (Å²) >= 11 is 0. The molecule has 0 unspecified atom stereocenters. The van der Waals surface area contributed by atoms with E-state index in [1.807, 2.05) is 31.2 Å². The normalized spacial score (nSPS) is 18.5. The third-order valence-corrected chi connectivity index (χ3v) is 4.38. The number of carbonyl (C=O) groups is 2. The molecule has 1 aliphatic rings. The van der Waals surface area contributed by atoms with Crippen LogP contribution in [0.3, 0.4) is 0 Å². The molecule has 0 radical (unpaired) electrons. The van der Waals surface area contributed by atoms with Crippen molar-refractivity contribution in [3.63, 3.8) is 0 Å². The van der Waals surface area contributed by atoms with E-state index in [1.54, 1.807) is 24.3 Å². The van der Waals surface area contributed by atoms with Gasteiger partial charge in [-0.15, -0.1) is 0 Å². The molecule has 0 spiro atoms. The Morgan fingerprint density at radius 1 is 1.21 bits per heavy atom. The number of benzene rings is 1. The fourth-order valence-corrected chi connectivity index (χ4v) is 2.87. The summed E-state index contributed by atoms with van der Waals surface area (Å²) in [5.41, 5.74) is 3.00. The minimum absolute atomic E-state index is 0.0252. The van der Waals surface area contributed by atoms with Gasteiger partial charge >= 0.3 is 0 Å². The van der Waals surface area contributed by atoms with Crippen LogP contribution in [0.4, 0.5) is 0 Å². The Kier molecular flexibility index (Phi) is 4.55. The van der Waals surface area contributed by atoms with Gasteiger partial charge in [-0.2, -0.15) is 0 Å². The van der Waals surface area contributed by atoms with Gasteiger partial charge in [-0.25, -0.2) is 9.97 Å². The number of aromatic nitrogens is 2. The quantitative estimate of drug-likeness (QED) is 0.930. The highest BCUT2D eigenvalue weighted by Crippen LogP contribution is 2.22. The predicted octanol–water partition coefficient (Wildman–Crippen LogP) is 1.80. The number of amides is 2. The Balaban J connectivity index is 1.64. The molecule has 1 aliphatic heterocycles. The van der Waals surface area contributed by atoms with Crippen molar-refractivity contribution in [2.45, 2.75) is 19.4 Å². The van der Waals surface area contributed by atoms with Crippen molar-refractivity contribution in [2.24, 2.45) is 5.92 Å². The summed E-state index contributed by atoms with van der Waals surface area (Å²) in [5.74, 6) is -0.302. The maximum Gasteiger partial charge on any atom is 0.225 e. The Bertz CT molecular complexity index is 730. The van der Waals surface area contributed by atoms with Gasteiger partial charge in [0.2, 0.25) is 11.8 Å². The molecule has 1 aromatic heterocycles. The molecule has 3 rings (SSSR count). The highest BCUT2D eigenvalue weighted by molar-refractivity contribution is 5.89. The van der Waals surface area contributed by atoms with E-state index in [1.165, 1.54) is 6.33 Å². The molecule has 2 amide bonds. The minimum atomic E-state index is -0.259. The second kappa shape index (κ2) is 6.78. The van der Waals surface area contributed by atoms with E-state index in [-0.39, 0.29) is 23.8 Å². The Morgan fingerprint density at radius 3 is 2.46 bits per heavy atom. The van der Waals surface area contributed by atoms with Crippen LogP contribution in [0.2, 0.25) is 0 Å². The van der Waals surface area contributed by atoms with Gasteiger partial charge < -0.3 is 10.2 Å². The van der Waals surface area contributed by atoms with Gasteiger partial charge in [0, 0.05) is 38.0 Å². The lowest BCUT2D eigenvalue weighted by atomic mass is 10.0. The van der Waals surface area contributed by atoms with Crippen LogP contribution in [0.15, 0.2) is 43.0 Å². The number of rotatable bonds is 4. The molecule has 2 heterocycles. The zero-order valence-electron chi connectivity index (χ0n) is 13.8. The predicted molar refractivity (Wildman–Crippen MR) is 89.8 cm³/mol. The molecule has 1 aromatic carbocycles. The molecule has 2 aromatic rings. The molecule has 0 bridgehead atoms. The zero-order chi connectivity index (χ0) is 17.1. The molecule has 124 valence electrons. The summed E-state index contributed by atoms with van der Waals surface area (Å²) in [6.45, 7) is 2.43. The first-order valence-corrected chi connectivity index (χ1v) is 7.94. The third kappa shape index (κ3) is 3.42. The van der Waals surface area contributed by atoms with E-state index in [9.17, 15) is 9.59 Å². The molecule has 0 aliphatic carbocycles. The van der Waals surface area contributed by atoms with Gasteiger partial charge in [0.25, 0.3) is 0 Å². The van der Waals surface area contributed by atoms with Crippen LogP contribution < -0.4 is 5.32 Å². The monoisotopic (exact) mass is 324 g/mol. The first kappa shape index (κ1) is 16.1. The average molecular weight is 324 g/mol. The van der Waals surface area contributed by atoms with Crippen molar-refractivity contribution in [3.8, 4) is 11.1 Å². The number of likely N-dealkylation sites (tertiary alicyclic amines) is 1. The summed E-state index contributed by atoms with van der Waals surface area (Å²) < 4.78 is 0. The maximum atomic E-state index is 12.3. The van der Waals surface area contributed by atoms with E-state index in [0.29, 0.717) is 13.0 Å². The lowest BCUT2D eigenvalue weighted by Gasteiger charge is -2.17. The van der Waals surface area contributed by atoms with Crippen LogP contribution in [-0.4, -0.2) is 40.3 Å². The fourth-order valence-electron chi connectivity index (χ4n) is 2.87. The minimum Gasteiger partial charge on any atom is -0.349 e. The van der Waals surface area contributed by atoms with Gasteiger partial charge in [-0.1, -0.05) is 24.3 Å². The van der Waals surface area contributed by atoms with Crippen molar-refractivity contribution in [1.82, 2.24) is 20.2 Å². The van der Waals surface area contributed by atoms with E-state index in [2.05, 4.69) is 15.3 Å². The Hall–Kier alpha value is -2.76. The van der Waals surface area contributed by atoms with Crippen LogP contribution >= 0.6 is 0 Å². The molecular weight excluding hydrogens is 304 g/mol. The van der Waals surface area contributed by atoms with Crippen LogP contribution in [0.25, 0.3) is 11.1 Å². The summed E-state index contributed by atoms with van der Waals surface area (Å²) in [6.07, 6.45) is 5.32. The Morgan fingerprint density at radius 2 is 1.88 bits per heavy atom. The molecule has 1 N–H and O–H groups in total. The highest BCUT2D eigenvalue weighted by atomic mass is 16.2. The topological polar surface area (TPSA) is 75.2 Å². The second-order valence-electron chi connectivity index (χ2n) is 6.15. The third-order valence-electron chi connectivity index (χ3n) is 4.38.